The molecule has 1 saturated heterocycles. The number of pyridine rings is 1. The molecule has 0 aliphatic carbocycles. The van der Waals surface area contributed by atoms with Crippen LogP contribution < -0.4 is 5.32 Å². The van der Waals surface area contributed by atoms with Gasteiger partial charge in [0.15, 0.2) is 0 Å². The van der Waals surface area contributed by atoms with E-state index in [4.69, 9.17) is 4.74 Å². The molecule has 0 radical (unpaired) electrons. The number of benzene rings is 1. The van der Waals surface area contributed by atoms with Crippen LogP contribution in [0.1, 0.15) is 43.7 Å². The van der Waals surface area contributed by atoms with Crippen molar-refractivity contribution in [2.45, 2.75) is 44.2 Å². The van der Waals surface area contributed by atoms with Crippen molar-refractivity contribution in [2.24, 2.45) is 0 Å². The van der Waals surface area contributed by atoms with E-state index >= 15 is 0 Å². The summed E-state index contributed by atoms with van der Waals surface area (Å²) < 4.78 is 5.70. The van der Waals surface area contributed by atoms with Gasteiger partial charge in [-0.05, 0) is 62.9 Å². The van der Waals surface area contributed by atoms with Gasteiger partial charge in [-0.15, -0.1) is 0 Å². The summed E-state index contributed by atoms with van der Waals surface area (Å²) in [6.07, 6.45) is 8.38. The zero-order chi connectivity index (χ0) is 14.5. The van der Waals surface area contributed by atoms with Crippen molar-refractivity contribution in [3.8, 4) is 0 Å². The average molecular weight is 284 g/mol. The maximum absolute atomic E-state index is 5.70. The fourth-order valence-electron chi connectivity index (χ4n) is 3.21. The first kappa shape index (κ1) is 14.5. The quantitative estimate of drug-likeness (QED) is 0.875. The predicted molar refractivity (Wildman–Crippen MR) is 86.4 cm³/mol. The second-order valence-electron chi connectivity index (χ2n) is 5.86. The van der Waals surface area contributed by atoms with Crippen molar-refractivity contribution < 1.29 is 4.74 Å². The maximum atomic E-state index is 5.70. The Morgan fingerprint density at radius 1 is 1.38 bits per heavy atom. The number of ether oxygens (including phenoxy) is 1. The fraction of sp³-hybridized carbons (Fsp3) is 0.500. The van der Waals surface area contributed by atoms with Gasteiger partial charge in [-0.2, -0.15) is 0 Å². The smallest absolute Gasteiger partial charge is 0.0702 e. The second-order valence-corrected chi connectivity index (χ2v) is 5.86. The molecular weight excluding hydrogens is 260 g/mol. The summed E-state index contributed by atoms with van der Waals surface area (Å²) in [7, 11) is 2.05. The van der Waals surface area contributed by atoms with Crippen molar-refractivity contribution in [2.75, 3.05) is 13.7 Å². The third-order valence-corrected chi connectivity index (χ3v) is 4.42. The van der Waals surface area contributed by atoms with Crippen LogP contribution in [-0.4, -0.2) is 24.7 Å². The maximum Gasteiger partial charge on any atom is 0.0702 e. The van der Waals surface area contributed by atoms with E-state index in [0.29, 0.717) is 12.1 Å². The molecule has 2 aromatic rings. The van der Waals surface area contributed by atoms with Crippen LogP contribution in [0.4, 0.5) is 0 Å². The summed E-state index contributed by atoms with van der Waals surface area (Å²) in [5, 5.41) is 4.66. The van der Waals surface area contributed by atoms with Gasteiger partial charge in [-0.25, -0.2) is 0 Å². The molecule has 1 aromatic heterocycles. The van der Waals surface area contributed by atoms with Gasteiger partial charge >= 0.3 is 0 Å². The molecule has 1 fully saturated rings. The topological polar surface area (TPSA) is 34.1 Å². The van der Waals surface area contributed by atoms with E-state index in [2.05, 4.69) is 34.6 Å². The number of aromatic nitrogens is 1. The van der Waals surface area contributed by atoms with Crippen LogP contribution in [0.15, 0.2) is 36.5 Å². The summed E-state index contributed by atoms with van der Waals surface area (Å²) in [4.78, 5) is 4.38. The minimum atomic E-state index is 0.413. The van der Waals surface area contributed by atoms with E-state index in [1.165, 1.54) is 36.6 Å². The molecule has 3 rings (SSSR count). The molecule has 3 nitrogen and oxygen atoms in total. The molecule has 3 heteroatoms. The van der Waals surface area contributed by atoms with Crippen LogP contribution in [-0.2, 0) is 4.74 Å². The normalized spacial score (nSPS) is 20.0. The van der Waals surface area contributed by atoms with Gasteiger partial charge in [0, 0.05) is 24.2 Å². The van der Waals surface area contributed by atoms with Gasteiger partial charge in [0.25, 0.3) is 0 Å². The van der Waals surface area contributed by atoms with Crippen molar-refractivity contribution in [1.29, 1.82) is 0 Å². The summed E-state index contributed by atoms with van der Waals surface area (Å²) in [5.74, 6) is 0. The lowest BCUT2D eigenvalue weighted by Gasteiger charge is -2.18. The van der Waals surface area contributed by atoms with Crippen LogP contribution in [0.5, 0.6) is 0 Å². The molecule has 0 saturated carbocycles. The average Bonchev–Trinajstić information content (AvgIpc) is 3.04. The Balaban J connectivity index is 1.63. The minimum Gasteiger partial charge on any atom is -0.378 e. The number of nitrogens with zero attached hydrogens (tertiary/aromatic N) is 1. The number of rotatable bonds is 6. The molecule has 0 spiro atoms. The highest BCUT2D eigenvalue weighted by molar-refractivity contribution is 5.79. The lowest BCUT2D eigenvalue weighted by molar-refractivity contribution is 0.101. The van der Waals surface area contributed by atoms with Gasteiger partial charge in [-0.1, -0.05) is 12.1 Å². The van der Waals surface area contributed by atoms with Gasteiger partial charge in [0.2, 0.25) is 0 Å². The van der Waals surface area contributed by atoms with E-state index in [1.54, 1.807) is 0 Å². The molecule has 112 valence electrons. The molecule has 2 unspecified atom stereocenters. The molecular formula is C18H24N2O. The molecule has 0 bridgehead atoms. The van der Waals surface area contributed by atoms with Gasteiger partial charge < -0.3 is 10.1 Å². The lowest BCUT2D eigenvalue weighted by atomic mass is 9.98. The molecule has 0 amide bonds. The number of fused-ring (bicyclic) bond motifs is 1. The van der Waals surface area contributed by atoms with Crippen molar-refractivity contribution in [3.63, 3.8) is 0 Å². The highest BCUT2D eigenvalue weighted by Gasteiger charge is 2.16. The van der Waals surface area contributed by atoms with Crippen LogP contribution in [0, 0.1) is 0 Å². The Hall–Kier alpha value is -1.45. The molecule has 21 heavy (non-hydrogen) atoms. The Labute approximate surface area is 126 Å². The Bertz CT molecular complexity index is 578. The van der Waals surface area contributed by atoms with E-state index in [1.807, 2.05) is 19.3 Å². The molecule has 1 aromatic carbocycles. The van der Waals surface area contributed by atoms with Crippen molar-refractivity contribution in [1.82, 2.24) is 10.3 Å². The van der Waals surface area contributed by atoms with Gasteiger partial charge in [-0.3, -0.25) is 4.98 Å². The largest absolute Gasteiger partial charge is 0.378 e. The third-order valence-electron chi connectivity index (χ3n) is 4.42. The Kier molecular flexibility index (Phi) is 4.84. The van der Waals surface area contributed by atoms with Crippen LogP contribution >= 0.6 is 0 Å². The van der Waals surface area contributed by atoms with E-state index < -0.39 is 0 Å². The monoisotopic (exact) mass is 284 g/mol. The standard InChI is InChI=1S/C18H24N2O/c1-19-17(8-2-6-16-7-4-12-21-16)15-9-10-18-14(13-15)5-3-11-20-18/h3,5,9-11,13,16-17,19H,2,4,6-8,12H2,1H3. The first-order chi connectivity index (χ1) is 10.4. The molecule has 2 atom stereocenters. The van der Waals surface area contributed by atoms with E-state index in [-0.39, 0.29) is 0 Å². The number of hydrogen-bond acceptors (Lipinski definition) is 3. The van der Waals surface area contributed by atoms with E-state index in [9.17, 15) is 0 Å². The summed E-state index contributed by atoms with van der Waals surface area (Å²) in [5.41, 5.74) is 2.42. The zero-order valence-electron chi connectivity index (χ0n) is 12.7. The summed E-state index contributed by atoms with van der Waals surface area (Å²) in [6.45, 7) is 0.956. The summed E-state index contributed by atoms with van der Waals surface area (Å²) >= 11 is 0. The first-order valence-electron chi connectivity index (χ1n) is 8.00. The highest BCUT2D eigenvalue weighted by atomic mass is 16.5. The molecule has 1 aliphatic rings. The fourth-order valence-corrected chi connectivity index (χ4v) is 3.21. The van der Waals surface area contributed by atoms with Crippen LogP contribution in [0.3, 0.4) is 0 Å². The first-order valence-corrected chi connectivity index (χ1v) is 8.00. The number of hydrogen-bond donors (Lipinski definition) is 1. The Morgan fingerprint density at radius 2 is 2.33 bits per heavy atom. The second kappa shape index (κ2) is 7.01. The van der Waals surface area contributed by atoms with Crippen LogP contribution in [0.25, 0.3) is 10.9 Å². The van der Waals surface area contributed by atoms with Crippen LogP contribution in [0.2, 0.25) is 0 Å². The minimum absolute atomic E-state index is 0.413. The van der Waals surface area contributed by atoms with Gasteiger partial charge in [0.1, 0.15) is 0 Å². The summed E-state index contributed by atoms with van der Waals surface area (Å²) in [6, 6.07) is 11.1. The number of nitrogens with one attached hydrogen (secondary N) is 1. The Morgan fingerprint density at radius 3 is 3.14 bits per heavy atom. The SMILES string of the molecule is CNC(CCCC1CCCO1)c1ccc2ncccc2c1. The predicted octanol–water partition coefficient (Wildman–Crippen LogP) is 3.84. The van der Waals surface area contributed by atoms with Gasteiger partial charge in [0.05, 0.1) is 11.6 Å². The van der Waals surface area contributed by atoms with E-state index in [0.717, 1.165) is 18.5 Å². The van der Waals surface area contributed by atoms with Crippen molar-refractivity contribution in [3.05, 3.63) is 42.1 Å². The van der Waals surface area contributed by atoms with Crippen molar-refractivity contribution >= 4 is 10.9 Å². The third kappa shape index (κ3) is 3.60. The lowest BCUT2D eigenvalue weighted by Crippen LogP contribution is -2.17. The molecule has 1 N–H and O–H groups in total. The molecule has 2 heterocycles. The highest BCUT2D eigenvalue weighted by Crippen LogP contribution is 2.25. The zero-order valence-corrected chi connectivity index (χ0v) is 12.7. The molecule has 1 aliphatic heterocycles.